The van der Waals surface area contributed by atoms with Gasteiger partial charge in [0.1, 0.15) is 4.32 Å². The highest BCUT2D eigenvalue weighted by Gasteiger charge is 2.32. The highest BCUT2D eigenvalue weighted by molar-refractivity contribution is 8.26. The third-order valence-corrected chi connectivity index (χ3v) is 5.49. The summed E-state index contributed by atoms with van der Waals surface area (Å²) in [6, 6.07) is 5.39. The van der Waals surface area contributed by atoms with Crippen LogP contribution in [-0.4, -0.2) is 58.9 Å². The van der Waals surface area contributed by atoms with Crippen molar-refractivity contribution in [3.05, 3.63) is 28.7 Å². The normalized spacial score (nSPS) is 14.9. The zero-order valence-corrected chi connectivity index (χ0v) is 18.4. The fourth-order valence-corrected chi connectivity index (χ4v) is 3.97. The van der Waals surface area contributed by atoms with Crippen molar-refractivity contribution >= 4 is 52.2 Å². The Kier molecular flexibility index (Phi) is 9.13. The Morgan fingerprint density at radius 1 is 1.30 bits per heavy atom. The van der Waals surface area contributed by atoms with E-state index in [0.29, 0.717) is 33.8 Å². The lowest BCUT2D eigenvalue weighted by Gasteiger charge is -2.14. The first-order valence-corrected chi connectivity index (χ1v) is 10.6. The van der Waals surface area contributed by atoms with Gasteiger partial charge in [0.05, 0.1) is 18.6 Å². The molecule has 0 spiro atoms. The molecular weight excluding hydrogens is 428 g/mol. The van der Waals surface area contributed by atoms with Gasteiger partial charge in [-0.3, -0.25) is 19.3 Å². The minimum Gasteiger partial charge on any atom is -0.493 e. The molecule has 30 heavy (non-hydrogen) atoms. The molecular formula is C20H24N2O6S2. The summed E-state index contributed by atoms with van der Waals surface area (Å²) in [5, 5.41) is 11.2. The van der Waals surface area contributed by atoms with Gasteiger partial charge in [-0.05, 0) is 37.1 Å². The molecule has 0 atom stereocenters. The minimum absolute atomic E-state index is 0.00386. The lowest BCUT2D eigenvalue weighted by molar-refractivity contribution is -0.137. The molecule has 1 aromatic carbocycles. The number of amides is 2. The Labute approximate surface area is 184 Å². The van der Waals surface area contributed by atoms with Crippen LogP contribution in [0, 0.1) is 0 Å². The molecule has 1 fully saturated rings. The fourth-order valence-electron chi connectivity index (χ4n) is 2.66. The van der Waals surface area contributed by atoms with Crippen LogP contribution in [0.1, 0.15) is 31.7 Å². The third-order valence-electron chi connectivity index (χ3n) is 4.11. The Balaban J connectivity index is 1.95. The number of hydrogen-bond donors (Lipinski definition) is 2. The number of thiocarbonyl (C=S) groups is 1. The molecule has 0 unspecified atom stereocenters. The number of thioether (sulfide) groups is 1. The van der Waals surface area contributed by atoms with Gasteiger partial charge in [-0.2, -0.15) is 0 Å². The fraction of sp³-hybridized carbons (Fsp3) is 0.400. The van der Waals surface area contributed by atoms with Gasteiger partial charge in [0.2, 0.25) is 5.91 Å². The second-order valence-corrected chi connectivity index (χ2v) is 7.95. The van der Waals surface area contributed by atoms with Gasteiger partial charge >= 0.3 is 5.97 Å². The number of methoxy groups -OCH3 is 1. The number of hydrogen-bond acceptors (Lipinski definition) is 7. The smallest absolute Gasteiger partial charge is 0.303 e. The number of ether oxygens (including phenoxy) is 2. The number of carbonyl (C=O) groups excluding carboxylic acids is 2. The topological polar surface area (TPSA) is 105 Å². The Hall–Kier alpha value is -2.59. The van der Waals surface area contributed by atoms with E-state index in [1.54, 1.807) is 25.3 Å². The Morgan fingerprint density at radius 2 is 2.07 bits per heavy atom. The van der Waals surface area contributed by atoms with Gasteiger partial charge in [0.25, 0.3) is 5.91 Å². The first-order chi connectivity index (χ1) is 14.3. The largest absolute Gasteiger partial charge is 0.493 e. The summed E-state index contributed by atoms with van der Waals surface area (Å²) in [5.41, 5.74) is 0.770. The predicted molar refractivity (Wildman–Crippen MR) is 119 cm³/mol. The minimum atomic E-state index is -0.904. The molecule has 0 aliphatic carbocycles. The molecule has 0 radical (unpaired) electrons. The van der Waals surface area contributed by atoms with Crippen molar-refractivity contribution in [1.29, 1.82) is 0 Å². The maximum atomic E-state index is 12.7. The van der Waals surface area contributed by atoms with Crippen molar-refractivity contribution in [2.75, 3.05) is 26.8 Å². The molecule has 1 saturated heterocycles. The van der Waals surface area contributed by atoms with Crippen molar-refractivity contribution in [3.63, 3.8) is 0 Å². The van der Waals surface area contributed by atoms with Crippen LogP contribution in [0.15, 0.2) is 23.1 Å². The highest BCUT2D eigenvalue weighted by atomic mass is 32.2. The van der Waals surface area contributed by atoms with Crippen molar-refractivity contribution < 1.29 is 29.0 Å². The van der Waals surface area contributed by atoms with Crippen molar-refractivity contribution in [3.8, 4) is 11.5 Å². The van der Waals surface area contributed by atoms with E-state index in [2.05, 4.69) is 5.32 Å². The van der Waals surface area contributed by atoms with E-state index >= 15 is 0 Å². The molecule has 2 amide bonds. The van der Waals surface area contributed by atoms with E-state index in [9.17, 15) is 14.4 Å². The Morgan fingerprint density at radius 3 is 2.73 bits per heavy atom. The first-order valence-electron chi connectivity index (χ1n) is 9.40. The van der Waals surface area contributed by atoms with E-state index in [0.717, 1.165) is 5.56 Å². The van der Waals surface area contributed by atoms with Gasteiger partial charge in [0, 0.05) is 25.9 Å². The van der Waals surface area contributed by atoms with E-state index in [4.69, 9.17) is 26.8 Å². The molecule has 2 N–H and O–H groups in total. The quantitative estimate of drug-likeness (QED) is 0.300. The van der Waals surface area contributed by atoms with E-state index in [1.165, 1.54) is 16.7 Å². The van der Waals surface area contributed by atoms with Gasteiger partial charge in [-0.1, -0.05) is 30.0 Å². The molecule has 1 aromatic rings. The highest BCUT2D eigenvalue weighted by Crippen LogP contribution is 2.34. The van der Waals surface area contributed by atoms with Crippen LogP contribution in [0.5, 0.6) is 11.5 Å². The van der Waals surface area contributed by atoms with Gasteiger partial charge in [0.15, 0.2) is 11.5 Å². The second-order valence-electron chi connectivity index (χ2n) is 6.27. The molecule has 1 heterocycles. The summed E-state index contributed by atoms with van der Waals surface area (Å²) >= 11 is 6.47. The molecule has 1 aliphatic heterocycles. The van der Waals surface area contributed by atoms with Crippen LogP contribution >= 0.6 is 24.0 Å². The second kappa shape index (κ2) is 11.6. The van der Waals surface area contributed by atoms with Crippen molar-refractivity contribution in [2.24, 2.45) is 0 Å². The first kappa shape index (κ1) is 23.7. The summed E-state index contributed by atoms with van der Waals surface area (Å²) in [5.74, 6) is -0.218. The summed E-state index contributed by atoms with van der Waals surface area (Å²) in [6.07, 6.45) is 2.17. The van der Waals surface area contributed by atoms with E-state index < -0.39 is 5.97 Å². The molecule has 0 aromatic heterocycles. The average Bonchev–Trinajstić information content (AvgIpc) is 2.97. The van der Waals surface area contributed by atoms with Crippen LogP contribution in [-0.2, 0) is 14.4 Å². The third kappa shape index (κ3) is 6.74. The summed E-state index contributed by atoms with van der Waals surface area (Å²) in [6.45, 7) is 2.85. The van der Waals surface area contributed by atoms with Crippen molar-refractivity contribution in [2.45, 2.75) is 26.2 Å². The van der Waals surface area contributed by atoms with Crippen LogP contribution in [0.3, 0.4) is 0 Å². The zero-order chi connectivity index (χ0) is 22.1. The van der Waals surface area contributed by atoms with Crippen LogP contribution < -0.4 is 14.8 Å². The number of carboxylic acid groups (broad SMARTS) is 1. The number of rotatable bonds is 11. The number of carboxylic acids is 1. The molecule has 1 aliphatic rings. The molecule has 0 saturated carbocycles. The van der Waals surface area contributed by atoms with Crippen LogP contribution in [0.2, 0.25) is 0 Å². The van der Waals surface area contributed by atoms with Crippen LogP contribution in [0.4, 0.5) is 0 Å². The number of nitrogens with zero attached hydrogens (tertiary/aromatic N) is 1. The number of nitrogens with one attached hydrogen (secondary N) is 1. The van der Waals surface area contributed by atoms with Crippen molar-refractivity contribution in [1.82, 2.24) is 10.2 Å². The average molecular weight is 453 g/mol. The summed E-state index contributed by atoms with van der Waals surface area (Å²) in [4.78, 5) is 36.9. The monoisotopic (exact) mass is 452 g/mol. The van der Waals surface area contributed by atoms with E-state index in [1.807, 2.05) is 13.0 Å². The molecule has 8 nitrogen and oxygen atoms in total. The zero-order valence-electron chi connectivity index (χ0n) is 16.8. The molecule has 10 heteroatoms. The number of carbonyl (C=O) groups is 3. The SMILES string of the molecule is CCOc1ccc(C=C2SC(=S)N(CCC(=O)NCCCC(=O)O)C2=O)cc1OC. The molecule has 162 valence electrons. The lowest BCUT2D eigenvalue weighted by Crippen LogP contribution is -2.33. The predicted octanol–water partition coefficient (Wildman–Crippen LogP) is 2.67. The maximum absolute atomic E-state index is 12.7. The number of benzene rings is 1. The Bertz CT molecular complexity index is 856. The maximum Gasteiger partial charge on any atom is 0.303 e. The molecule has 2 rings (SSSR count). The van der Waals surface area contributed by atoms with E-state index in [-0.39, 0.29) is 37.7 Å². The summed E-state index contributed by atoms with van der Waals surface area (Å²) in [7, 11) is 1.55. The lowest BCUT2D eigenvalue weighted by atomic mass is 10.2. The summed E-state index contributed by atoms with van der Waals surface area (Å²) < 4.78 is 11.2. The van der Waals surface area contributed by atoms with Gasteiger partial charge in [-0.25, -0.2) is 0 Å². The van der Waals surface area contributed by atoms with Gasteiger partial charge in [-0.15, -0.1) is 0 Å². The standard InChI is InChI=1S/C20H24N2O6S2/c1-3-28-14-7-6-13(11-15(14)27-2)12-16-19(26)22(20(29)30-16)10-8-17(23)21-9-4-5-18(24)25/h6-7,11-12H,3-5,8-10H2,1-2H3,(H,21,23)(H,24,25). The number of aliphatic carboxylic acids is 1. The van der Waals surface area contributed by atoms with Gasteiger partial charge < -0.3 is 19.9 Å². The molecule has 0 bridgehead atoms. The van der Waals surface area contributed by atoms with Crippen LogP contribution in [0.25, 0.3) is 6.08 Å².